The predicted molar refractivity (Wildman–Crippen MR) is 149 cm³/mol. The number of ether oxygens (including phenoxy) is 2. The number of nitrogens with two attached hydrogens (primary N) is 2. The monoisotopic (exact) mass is 692 g/mol. The van der Waals surface area contributed by atoms with Gasteiger partial charge < -0.3 is 30.9 Å². The fraction of sp³-hybridized carbons (Fsp3) is 0.500. The molecule has 0 amide bonds. The number of anilines is 2. The van der Waals surface area contributed by atoms with Crippen LogP contribution >= 0.6 is 26.9 Å². The minimum absolute atomic E-state index is 0.0165. The number of hydrogen-bond donors (Lipinski definition) is 6. The number of aliphatic hydroxyl groups is 1. The maximum Gasteiger partial charge on any atom is 0.472 e. The van der Waals surface area contributed by atoms with E-state index in [1.807, 2.05) is 0 Å². The van der Waals surface area contributed by atoms with E-state index in [2.05, 4.69) is 42.2 Å². The molecule has 0 aromatic carbocycles. The van der Waals surface area contributed by atoms with Gasteiger partial charge in [0, 0.05) is 0 Å². The van der Waals surface area contributed by atoms with Gasteiger partial charge in [0.05, 0.1) is 25.9 Å². The number of aromatic nitrogens is 8. The standard InChI is InChI=1S/C20H23FN10O11P2S/c21-8-12-7(40-18(8)30-4-26-9-14(22)24-3-25-15(9)30)2-38-44(36,45)42-13-11(32)6(1-37-43(34,35)41-12)39-19(13)31-5-27-10-16(31)28-20(23)29-17(10)33/h3-8,11-13,18-19,32H,1-2H2,(H,34,35)(H,36,45)(H2,22,24,25)(H3,23,28,29,33)/t6-,7-,8+,11?,12?,13+,18-,19-,44?/m1/s1. The predicted octanol–water partition coefficient (Wildman–Crippen LogP) is -0.427. The van der Waals surface area contributed by atoms with Gasteiger partial charge in [0.2, 0.25) is 5.95 Å². The molecule has 0 radical (unpaired) electrons. The molecule has 3 aliphatic rings. The Labute approximate surface area is 254 Å². The Morgan fingerprint density at radius 3 is 2.42 bits per heavy atom. The zero-order valence-electron chi connectivity index (χ0n) is 22.3. The quantitative estimate of drug-likeness (QED) is 0.115. The first-order valence-corrected chi connectivity index (χ1v) is 17.1. The molecule has 0 aliphatic carbocycles. The van der Waals surface area contributed by atoms with Gasteiger partial charge in [-0.05, 0) is 0 Å². The molecular weight excluding hydrogens is 669 g/mol. The van der Waals surface area contributed by atoms with E-state index in [9.17, 15) is 23.9 Å². The number of imidazole rings is 2. The van der Waals surface area contributed by atoms with Crippen LogP contribution < -0.4 is 17.0 Å². The first-order chi connectivity index (χ1) is 21.3. The number of phosphoric acid groups is 1. The minimum atomic E-state index is -5.10. The zero-order chi connectivity index (χ0) is 31.8. The molecule has 0 spiro atoms. The van der Waals surface area contributed by atoms with Gasteiger partial charge in [-0.15, -0.1) is 0 Å². The maximum atomic E-state index is 15.9. The first-order valence-electron chi connectivity index (χ1n) is 12.9. The van der Waals surface area contributed by atoms with E-state index in [1.165, 1.54) is 15.5 Å². The van der Waals surface area contributed by atoms with Crippen LogP contribution in [0.4, 0.5) is 16.2 Å². The maximum absolute atomic E-state index is 15.9. The summed E-state index contributed by atoms with van der Waals surface area (Å²) in [6, 6.07) is 0. The lowest BCUT2D eigenvalue weighted by Gasteiger charge is -2.26. The van der Waals surface area contributed by atoms with Crippen molar-refractivity contribution in [3.05, 3.63) is 29.3 Å². The highest BCUT2D eigenvalue weighted by molar-refractivity contribution is 8.44. The smallest absolute Gasteiger partial charge is 0.387 e. The molecule has 7 N–H and O–H groups in total. The highest BCUT2D eigenvalue weighted by Crippen LogP contribution is 2.58. The van der Waals surface area contributed by atoms with Crippen LogP contribution in [0.2, 0.25) is 0 Å². The molecule has 4 unspecified atom stereocenters. The highest BCUT2D eigenvalue weighted by atomic mass is 32.7. The molecule has 4 aromatic rings. The Morgan fingerprint density at radius 2 is 1.64 bits per heavy atom. The second-order valence-electron chi connectivity index (χ2n) is 10.1. The summed E-state index contributed by atoms with van der Waals surface area (Å²) in [6.07, 6.45) is -9.63. The Balaban J connectivity index is 1.21. The minimum Gasteiger partial charge on any atom is -0.387 e. The van der Waals surface area contributed by atoms with E-state index in [1.54, 1.807) is 0 Å². The van der Waals surface area contributed by atoms with Crippen LogP contribution in [0.3, 0.4) is 0 Å². The average Bonchev–Trinajstić information content (AvgIpc) is 3.72. The van der Waals surface area contributed by atoms with Gasteiger partial charge in [-0.25, -0.2) is 33.5 Å². The molecule has 242 valence electrons. The molecule has 45 heavy (non-hydrogen) atoms. The summed E-state index contributed by atoms with van der Waals surface area (Å²) in [5.74, 6) is -0.244. The molecular formula is C20H23FN10O11P2S. The van der Waals surface area contributed by atoms with Crippen molar-refractivity contribution in [1.82, 2.24) is 39.0 Å². The topological polar surface area (TPSA) is 289 Å². The third-order valence-electron chi connectivity index (χ3n) is 7.28. The first kappa shape index (κ1) is 30.6. The van der Waals surface area contributed by atoms with Crippen LogP contribution in [0.15, 0.2) is 23.8 Å². The number of aromatic amines is 1. The summed E-state index contributed by atoms with van der Waals surface area (Å²) in [5.41, 5.74) is 10.8. The van der Waals surface area contributed by atoms with Crippen molar-refractivity contribution in [1.29, 1.82) is 0 Å². The molecule has 21 nitrogen and oxygen atoms in total. The molecule has 3 saturated heterocycles. The summed E-state index contributed by atoms with van der Waals surface area (Å²) >= 11 is 4.01. The second kappa shape index (κ2) is 11.0. The van der Waals surface area contributed by atoms with Gasteiger partial charge in [0.15, 0.2) is 41.3 Å². The number of alkyl halides is 1. The van der Waals surface area contributed by atoms with Crippen molar-refractivity contribution < 1.29 is 51.1 Å². The second-order valence-corrected chi connectivity index (χ2v) is 14.4. The lowest BCUT2D eigenvalue weighted by Crippen LogP contribution is -2.35. The molecule has 0 saturated carbocycles. The normalized spacial score (nSPS) is 37.7. The SMILES string of the molecule is Nc1nc2c(ncn2[C@@H]2O[C@@H]3COP(=O)(O)OC4[C@@H](COP(=O)(S)O[C@H]2C3O)O[C@@H](n2cnc3c(N)ncnc32)[C@H]4F)c(=O)[nH]1. The number of fused-ring (bicyclic) bond motifs is 5. The van der Waals surface area contributed by atoms with Gasteiger partial charge in [-0.2, -0.15) is 4.98 Å². The molecule has 25 heteroatoms. The molecule has 3 aliphatic heterocycles. The molecule has 4 aromatic heterocycles. The number of nitrogen functional groups attached to an aromatic ring is 2. The van der Waals surface area contributed by atoms with Gasteiger partial charge in [-0.1, -0.05) is 12.2 Å². The van der Waals surface area contributed by atoms with E-state index in [0.717, 1.165) is 12.7 Å². The zero-order valence-corrected chi connectivity index (χ0v) is 25.0. The van der Waals surface area contributed by atoms with Gasteiger partial charge >= 0.3 is 14.6 Å². The number of nitrogens with zero attached hydrogens (tertiary/aromatic N) is 7. The van der Waals surface area contributed by atoms with Crippen molar-refractivity contribution in [2.24, 2.45) is 0 Å². The lowest BCUT2D eigenvalue weighted by atomic mass is 10.1. The molecule has 10 atom stereocenters. The van der Waals surface area contributed by atoms with Crippen LogP contribution in [0, 0.1) is 0 Å². The van der Waals surface area contributed by atoms with Crippen molar-refractivity contribution in [3.8, 4) is 0 Å². The summed E-state index contributed by atoms with van der Waals surface area (Å²) in [6.45, 7) is -6.00. The lowest BCUT2D eigenvalue weighted by molar-refractivity contribution is -0.0619. The largest absolute Gasteiger partial charge is 0.472 e. The van der Waals surface area contributed by atoms with E-state index in [-0.39, 0.29) is 34.1 Å². The Hall–Kier alpha value is -3.08. The summed E-state index contributed by atoms with van der Waals surface area (Å²) < 4.78 is 77.6. The van der Waals surface area contributed by atoms with Crippen molar-refractivity contribution in [3.63, 3.8) is 0 Å². The molecule has 7 rings (SSSR count). The third kappa shape index (κ3) is 5.42. The van der Waals surface area contributed by atoms with Gasteiger partial charge in [0.25, 0.3) is 5.56 Å². The highest BCUT2D eigenvalue weighted by Gasteiger charge is 2.54. The number of halogens is 1. The molecule has 2 bridgehead atoms. The number of nitrogens with one attached hydrogen (secondary N) is 1. The number of H-pyrrole nitrogens is 1. The van der Waals surface area contributed by atoms with Crippen LogP contribution in [0.5, 0.6) is 0 Å². The Bertz CT molecular complexity index is 1950. The van der Waals surface area contributed by atoms with E-state index < -0.39 is 82.5 Å². The van der Waals surface area contributed by atoms with E-state index in [4.69, 9.17) is 39.0 Å². The third-order valence-corrected chi connectivity index (χ3v) is 9.88. The summed E-state index contributed by atoms with van der Waals surface area (Å²) in [7, 11) is -5.10. The summed E-state index contributed by atoms with van der Waals surface area (Å²) in [5, 5.41) is 11.1. The molecule has 3 fully saturated rings. The van der Waals surface area contributed by atoms with Crippen molar-refractivity contribution in [2.75, 3.05) is 24.7 Å². The van der Waals surface area contributed by atoms with Crippen molar-refractivity contribution in [2.45, 2.75) is 49.1 Å². The fourth-order valence-electron chi connectivity index (χ4n) is 5.26. The van der Waals surface area contributed by atoms with Gasteiger partial charge in [-0.3, -0.25) is 37.0 Å². The number of phosphoric ester groups is 1. The number of aliphatic hydroxyl groups excluding tert-OH is 1. The summed E-state index contributed by atoms with van der Waals surface area (Å²) in [4.78, 5) is 45.1. The van der Waals surface area contributed by atoms with Gasteiger partial charge in [0.1, 0.15) is 42.4 Å². The Morgan fingerprint density at radius 1 is 0.956 bits per heavy atom. The van der Waals surface area contributed by atoms with Crippen LogP contribution in [-0.2, 0) is 36.7 Å². The average molecular weight is 692 g/mol. The molecule has 7 heterocycles. The van der Waals surface area contributed by atoms with E-state index in [0.29, 0.717) is 0 Å². The van der Waals surface area contributed by atoms with E-state index >= 15 is 4.39 Å². The number of rotatable bonds is 2. The number of hydrogen-bond acceptors (Lipinski definition) is 17. The van der Waals surface area contributed by atoms with Crippen molar-refractivity contribution >= 4 is 61.0 Å². The Kier molecular flexibility index (Phi) is 7.49. The van der Waals surface area contributed by atoms with Crippen LogP contribution in [-0.4, -0.2) is 98.9 Å². The fourth-order valence-corrected chi connectivity index (χ4v) is 7.68. The van der Waals surface area contributed by atoms with Crippen LogP contribution in [0.25, 0.3) is 22.3 Å². The van der Waals surface area contributed by atoms with Crippen LogP contribution in [0.1, 0.15) is 12.5 Å². The number of thiol groups is 1.